The van der Waals surface area contributed by atoms with Gasteiger partial charge in [0.15, 0.2) is 5.82 Å². The Balaban J connectivity index is 2.53. The van der Waals surface area contributed by atoms with Gasteiger partial charge in [0.2, 0.25) is 5.89 Å². The van der Waals surface area contributed by atoms with Crippen LogP contribution in [0.4, 0.5) is 0 Å². The lowest BCUT2D eigenvalue weighted by atomic mass is 10.2. The monoisotopic (exact) mass is 197 g/mol. The number of nitrogens with zero attached hydrogens (tertiary/aromatic N) is 2. The highest BCUT2D eigenvalue weighted by molar-refractivity contribution is 4.94. The molecule has 0 spiro atoms. The van der Waals surface area contributed by atoms with Crippen LogP contribution in [0.15, 0.2) is 17.2 Å². The van der Waals surface area contributed by atoms with Crippen LogP contribution in [0.5, 0.6) is 0 Å². The molecule has 0 aromatic carbocycles. The van der Waals surface area contributed by atoms with Gasteiger partial charge in [-0.1, -0.05) is 11.2 Å². The summed E-state index contributed by atoms with van der Waals surface area (Å²) < 4.78 is 9.88. The average Bonchev–Trinajstić information content (AvgIpc) is 2.63. The largest absolute Gasteiger partial charge is 0.384 e. The first-order valence-electron chi connectivity index (χ1n) is 4.45. The zero-order valence-electron chi connectivity index (χ0n) is 8.27. The summed E-state index contributed by atoms with van der Waals surface area (Å²) in [6, 6.07) is -0.253. The number of hydrogen-bond donors (Lipinski definition) is 1. The van der Waals surface area contributed by atoms with Crippen molar-refractivity contribution in [3.8, 4) is 0 Å². The second-order valence-electron chi connectivity index (χ2n) is 2.92. The standard InChI is InChI=1S/C9H15N3O2/c1-3-4-7(10)9-11-8(12-14-9)5-6-13-2/h3,7H,1,4-6,10H2,2H3. The van der Waals surface area contributed by atoms with Gasteiger partial charge in [-0.15, -0.1) is 6.58 Å². The van der Waals surface area contributed by atoms with E-state index in [1.165, 1.54) is 0 Å². The van der Waals surface area contributed by atoms with Crippen molar-refractivity contribution in [2.24, 2.45) is 5.73 Å². The second-order valence-corrected chi connectivity index (χ2v) is 2.92. The molecule has 0 amide bonds. The van der Waals surface area contributed by atoms with E-state index in [2.05, 4.69) is 16.7 Å². The molecule has 0 bridgehead atoms. The number of methoxy groups -OCH3 is 1. The van der Waals surface area contributed by atoms with Gasteiger partial charge >= 0.3 is 0 Å². The first-order chi connectivity index (χ1) is 6.77. The van der Waals surface area contributed by atoms with Crippen molar-refractivity contribution >= 4 is 0 Å². The molecule has 2 N–H and O–H groups in total. The Hall–Kier alpha value is -1.20. The summed E-state index contributed by atoms with van der Waals surface area (Å²) in [6.45, 7) is 4.17. The molecule has 0 saturated heterocycles. The molecule has 1 heterocycles. The quantitative estimate of drug-likeness (QED) is 0.684. The molecule has 0 radical (unpaired) electrons. The van der Waals surface area contributed by atoms with Gasteiger partial charge in [-0.3, -0.25) is 0 Å². The second kappa shape index (κ2) is 5.51. The minimum absolute atomic E-state index is 0.253. The van der Waals surface area contributed by atoms with Crippen LogP contribution in [0.1, 0.15) is 24.2 Å². The molecule has 5 nitrogen and oxygen atoms in total. The van der Waals surface area contributed by atoms with Crippen LogP contribution in [0.2, 0.25) is 0 Å². The van der Waals surface area contributed by atoms with Crippen LogP contribution >= 0.6 is 0 Å². The van der Waals surface area contributed by atoms with Gasteiger partial charge in [-0.2, -0.15) is 4.98 Å². The number of ether oxygens (including phenoxy) is 1. The summed E-state index contributed by atoms with van der Waals surface area (Å²) in [7, 11) is 1.63. The van der Waals surface area contributed by atoms with E-state index in [0.717, 1.165) is 0 Å². The van der Waals surface area contributed by atoms with Crippen molar-refractivity contribution in [2.75, 3.05) is 13.7 Å². The molecule has 1 atom stereocenters. The summed E-state index contributed by atoms with van der Waals surface area (Å²) in [5, 5.41) is 3.78. The third kappa shape index (κ3) is 2.93. The third-order valence-corrected chi connectivity index (χ3v) is 1.75. The van der Waals surface area contributed by atoms with E-state index in [9.17, 15) is 0 Å². The van der Waals surface area contributed by atoms with Crippen molar-refractivity contribution in [3.05, 3.63) is 24.4 Å². The Kier molecular flexibility index (Phi) is 4.28. The predicted molar refractivity (Wildman–Crippen MR) is 51.6 cm³/mol. The van der Waals surface area contributed by atoms with E-state index in [0.29, 0.717) is 31.2 Å². The normalized spacial score (nSPS) is 12.7. The molecule has 1 aromatic rings. The fraction of sp³-hybridized carbons (Fsp3) is 0.556. The van der Waals surface area contributed by atoms with Gasteiger partial charge in [0.25, 0.3) is 0 Å². The fourth-order valence-electron chi connectivity index (χ4n) is 0.993. The molecule has 78 valence electrons. The molecule has 0 aliphatic rings. The van der Waals surface area contributed by atoms with Crippen LogP contribution in [0.25, 0.3) is 0 Å². The minimum Gasteiger partial charge on any atom is -0.384 e. The zero-order chi connectivity index (χ0) is 10.4. The lowest BCUT2D eigenvalue weighted by Crippen LogP contribution is -2.09. The van der Waals surface area contributed by atoms with Gasteiger partial charge in [0, 0.05) is 13.5 Å². The maximum Gasteiger partial charge on any atom is 0.243 e. The summed E-state index contributed by atoms with van der Waals surface area (Å²) in [4.78, 5) is 4.14. The van der Waals surface area contributed by atoms with Crippen molar-refractivity contribution in [1.82, 2.24) is 10.1 Å². The van der Waals surface area contributed by atoms with Crippen LogP contribution < -0.4 is 5.73 Å². The Morgan fingerprint density at radius 3 is 3.14 bits per heavy atom. The van der Waals surface area contributed by atoms with Crippen molar-refractivity contribution in [2.45, 2.75) is 18.9 Å². The highest BCUT2D eigenvalue weighted by Crippen LogP contribution is 2.11. The maximum atomic E-state index is 5.75. The lowest BCUT2D eigenvalue weighted by Gasteiger charge is -1.99. The molecule has 0 saturated carbocycles. The summed E-state index contributed by atoms with van der Waals surface area (Å²) in [6.07, 6.45) is 3.00. The Bertz CT molecular complexity index is 285. The van der Waals surface area contributed by atoms with Crippen LogP contribution in [0, 0.1) is 0 Å². The van der Waals surface area contributed by atoms with Crippen LogP contribution in [-0.4, -0.2) is 23.9 Å². The van der Waals surface area contributed by atoms with Gasteiger partial charge in [-0.25, -0.2) is 0 Å². The molecular formula is C9H15N3O2. The Morgan fingerprint density at radius 1 is 1.71 bits per heavy atom. The highest BCUT2D eigenvalue weighted by atomic mass is 16.5. The summed E-state index contributed by atoms with van der Waals surface area (Å²) >= 11 is 0. The summed E-state index contributed by atoms with van der Waals surface area (Å²) in [5.41, 5.74) is 5.75. The number of hydrogen-bond acceptors (Lipinski definition) is 5. The van der Waals surface area contributed by atoms with Gasteiger partial charge in [0.1, 0.15) is 0 Å². The first-order valence-corrected chi connectivity index (χ1v) is 4.45. The molecule has 1 rings (SSSR count). The summed E-state index contributed by atoms with van der Waals surface area (Å²) in [5.74, 6) is 1.08. The molecule has 0 fully saturated rings. The number of rotatable bonds is 6. The van der Waals surface area contributed by atoms with Gasteiger partial charge in [0.05, 0.1) is 12.6 Å². The molecule has 14 heavy (non-hydrogen) atoms. The SMILES string of the molecule is C=CCC(N)c1nc(CCOC)no1. The lowest BCUT2D eigenvalue weighted by molar-refractivity contribution is 0.199. The van der Waals surface area contributed by atoms with E-state index < -0.39 is 0 Å². The number of aromatic nitrogens is 2. The molecule has 1 aromatic heterocycles. The van der Waals surface area contributed by atoms with E-state index in [-0.39, 0.29) is 6.04 Å². The van der Waals surface area contributed by atoms with E-state index in [1.54, 1.807) is 13.2 Å². The zero-order valence-corrected chi connectivity index (χ0v) is 8.27. The van der Waals surface area contributed by atoms with Crippen molar-refractivity contribution < 1.29 is 9.26 Å². The minimum atomic E-state index is -0.253. The maximum absolute atomic E-state index is 5.75. The Morgan fingerprint density at radius 2 is 2.50 bits per heavy atom. The Labute approximate surface area is 82.9 Å². The van der Waals surface area contributed by atoms with E-state index in [1.807, 2.05) is 0 Å². The van der Waals surface area contributed by atoms with Gasteiger partial charge < -0.3 is 15.0 Å². The highest BCUT2D eigenvalue weighted by Gasteiger charge is 2.12. The van der Waals surface area contributed by atoms with Crippen LogP contribution in [0.3, 0.4) is 0 Å². The van der Waals surface area contributed by atoms with E-state index >= 15 is 0 Å². The molecule has 1 unspecified atom stereocenters. The van der Waals surface area contributed by atoms with Crippen molar-refractivity contribution in [1.29, 1.82) is 0 Å². The topological polar surface area (TPSA) is 74.2 Å². The smallest absolute Gasteiger partial charge is 0.243 e. The first kappa shape index (κ1) is 10.9. The van der Waals surface area contributed by atoms with E-state index in [4.69, 9.17) is 15.0 Å². The fourth-order valence-corrected chi connectivity index (χ4v) is 0.993. The third-order valence-electron chi connectivity index (χ3n) is 1.75. The number of nitrogens with two attached hydrogens (primary N) is 1. The van der Waals surface area contributed by atoms with Crippen LogP contribution in [-0.2, 0) is 11.2 Å². The van der Waals surface area contributed by atoms with Gasteiger partial charge in [-0.05, 0) is 6.42 Å². The molecule has 5 heteroatoms. The van der Waals surface area contributed by atoms with Crippen molar-refractivity contribution in [3.63, 3.8) is 0 Å². The average molecular weight is 197 g/mol. The predicted octanol–water partition coefficient (Wildman–Crippen LogP) is 0.834. The molecule has 0 aliphatic heterocycles. The molecule has 0 aliphatic carbocycles. The molecular weight excluding hydrogens is 182 g/mol.